The third-order valence-corrected chi connectivity index (χ3v) is 3.70. The van der Waals surface area contributed by atoms with E-state index >= 15 is 0 Å². The molecule has 0 aromatic carbocycles. The molecule has 20 heavy (non-hydrogen) atoms. The Balaban J connectivity index is 2.98. The molecule has 112 valence electrons. The van der Waals surface area contributed by atoms with E-state index in [1.54, 1.807) is 6.92 Å². The van der Waals surface area contributed by atoms with Crippen molar-refractivity contribution < 1.29 is 19.8 Å². The van der Waals surface area contributed by atoms with Crippen LogP contribution in [-0.2, 0) is 9.59 Å². The minimum Gasteiger partial charge on any atom is -0.511 e. The van der Waals surface area contributed by atoms with Gasteiger partial charge < -0.3 is 10.2 Å². The van der Waals surface area contributed by atoms with Crippen LogP contribution in [0.1, 0.15) is 47.0 Å². The number of carbonyl (C=O) groups excluding carboxylic acids is 1. The zero-order chi connectivity index (χ0) is 15.5. The summed E-state index contributed by atoms with van der Waals surface area (Å²) in [6.07, 6.45) is 2.65. The van der Waals surface area contributed by atoms with Gasteiger partial charge in [0.25, 0.3) is 0 Å². The van der Waals surface area contributed by atoms with Crippen LogP contribution in [0.4, 0.5) is 0 Å². The summed E-state index contributed by atoms with van der Waals surface area (Å²) < 4.78 is 0. The maximum Gasteiger partial charge on any atom is 0.328 e. The highest BCUT2D eigenvalue weighted by Gasteiger charge is 2.32. The number of aliphatic imine (C=N–C) groups is 1. The van der Waals surface area contributed by atoms with Gasteiger partial charge in [0.05, 0.1) is 5.57 Å². The lowest BCUT2D eigenvalue weighted by atomic mass is 9.77. The Bertz CT molecular complexity index is 462. The number of aliphatic carboxylic acids is 1. The lowest BCUT2D eigenvalue weighted by molar-refractivity contribution is -0.139. The van der Waals surface area contributed by atoms with Gasteiger partial charge in [0.2, 0.25) is 0 Å². The summed E-state index contributed by atoms with van der Waals surface area (Å²) >= 11 is 0. The molecule has 0 heterocycles. The van der Waals surface area contributed by atoms with Gasteiger partial charge in [-0.2, -0.15) is 0 Å². The molecule has 0 spiro atoms. The van der Waals surface area contributed by atoms with Crippen molar-refractivity contribution in [3.8, 4) is 0 Å². The molecule has 2 N–H and O–H groups in total. The minimum atomic E-state index is -1.01. The fourth-order valence-corrected chi connectivity index (χ4v) is 2.28. The molecule has 0 aliphatic heterocycles. The van der Waals surface area contributed by atoms with Crippen molar-refractivity contribution in [3.05, 3.63) is 11.3 Å². The van der Waals surface area contributed by atoms with Crippen molar-refractivity contribution in [3.63, 3.8) is 0 Å². The monoisotopic (exact) mass is 281 g/mol. The molecule has 0 aromatic heterocycles. The molecule has 0 saturated carbocycles. The Hall–Kier alpha value is -1.65. The lowest BCUT2D eigenvalue weighted by Gasteiger charge is -2.28. The summed E-state index contributed by atoms with van der Waals surface area (Å²) in [4.78, 5) is 27.2. The van der Waals surface area contributed by atoms with Crippen LogP contribution in [-0.4, -0.2) is 34.2 Å². The third-order valence-electron chi connectivity index (χ3n) is 3.70. The van der Waals surface area contributed by atoms with Crippen molar-refractivity contribution in [2.24, 2.45) is 16.3 Å². The van der Waals surface area contributed by atoms with Gasteiger partial charge in [-0.3, -0.25) is 9.79 Å². The largest absolute Gasteiger partial charge is 0.511 e. The number of hydrogen-bond donors (Lipinski definition) is 2. The fourth-order valence-electron chi connectivity index (χ4n) is 2.28. The van der Waals surface area contributed by atoms with Crippen LogP contribution < -0.4 is 0 Å². The summed E-state index contributed by atoms with van der Waals surface area (Å²) in [5.74, 6) is -1.32. The maximum atomic E-state index is 12.0. The average molecular weight is 281 g/mol. The van der Waals surface area contributed by atoms with Crippen molar-refractivity contribution in [1.82, 2.24) is 0 Å². The van der Waals surface area contributed by atoms with Crippen LogP contribution in [0.5, 0.6) is 0 Å². The maximum absolute atomic E-state index is 12.0. The van der Waals surface area contributed by atoms with E-state index in [0.717, 1.165) is 0 Å². The first-order valence-electron chi connectivity index (χ1n) is 6.89. The Morgan fingerprint density at radius 3 is 2.50 bits per heavy atom. The first kappa shape index (κ1) is 16.4. The molecule has 1 aliphatic carbocycles. The Kier molecular flexibility index (Phi) is 5.09. The van der Waals surface area contributed by atoms with Crippen molar-refractivity contribution in [1.29, 1.82) is 0 Å². The first-order chi connectivity index (χ1) is 9.18. The number of allylic oxidation sites excluding steroid dienone is 2. The molecule has 1 rings (SSSR count). The zero-order valence-electron chi connectivity index (χ0n) is 12.5. The molecule has 0 fully saturated rings. The molecule has 0 aromatic rings. The summed E-state index contributed by atoms with van der Waals surface area (Å²) in [5.41, 5.74) is -0.111. The first-order valence-corrected chi connectivity index (χ1v) is 6.89. The molecule has 0 unspecified atom stereocenters. The van der Waals surface area contributed by atoms with E-state index in [2.05, 4.69) is 4.99 Å². The van der Waals surface area contributed by atoms with Gasteiger partial charge in [0, 0.05) is 19.1 Å². The predicted molar refractivity (Wildman–Crippen MR) is 77.0 cm³/mol. The third kappa shape index (κ3) is 3.92. The van der Waals surface area contributed by atoms with Gasteiger partial charge in [-0.15, -0.1) is 0 Å². The Morgan fingerprint density at radius 2 is 2.05 bits per heavy atom. The number of rotatable bonds is 5. The molecule has 5 heteroatoms. The number of nitrogens with zero attached hydrogens (tertiary/aromatic N) is 1. The van der Waals surface area contributed by atoms with Crippen LogP contribution in [0.25, 0.3) is 0 Å². The highest BCUT2D eigenvalue weighted by Crippen LogP contribution is 2.35. The van der Waals surface area contributed by atoms with Crippen LogP contribution in [0.2, 0.25) is 0 Å². The molecular formula is C15H23NO4. The molecular weight excluding hydrogens is 258 g/mol. The van der Waals surface area contributed by atoms with Gasteiger partial charge in [-0.1, -0.05) is 34.1 Å². The molecule has 1 aliphatic rings. The van der Waals surface area contributed by atoms with Gasteiger partial charge in [0.1, 0.15) is 11.8 Å². The Morgan fingerprint density at radius 1 is 1.45 bits per heavy atom. The predicted octanol–water partition coefficient (Wildman–Crippen LogP) is 2.76. The number of carbonyl (C=O) groups is 2. The average Bonchev–Trinajstić information content (AvgIpc) is 2.30. The van der Waals surface area contributed by atoms with Gasteiger partial charge in [-0.05, 0) is 11.3 Å². The molecule has 0 radical (unpaired) electrons. The van der Waals surface area contributed by atoms with Crippen LogP contribution in [0, 0.1) is 11.3 Å². The number of hydrogen-bond acceptors (Lipinski definition) is 4. The second kappa shape index (κ2) is 6.20. The number of carboxylic acid groups (broad SMARTS) is 1. The molecule has 2 atom stereocenters. The standard InChI is InChI=1S/C15H23NO4/c1-5-9(2)13(14(19)20)16-8-10-11(17)6-15(3,4)7-12(10)18/h8-9,13,17H,5-7H2,1-4H3,(H,19,20)/t9-,13+/m1/s1. The summed E-state index contributed by atoms with van der Waals surface area (Å²) in [6.45, 7) is 7.51. The van der Waals surface area contributed by atoms with E-state index < -0.39 is 12.0 Å². The molecule has 0 saturated heterocycles. The van der Waals surface area contributed by atoms with Gasteiger partial charge in [-0.25, -0.2) is 4.79 Å². The van der Waals surface area contributed by atoms with E-state index in [-0.39, 0.29) is 28.4 Å². The number of Topliss-reactive ketones (excluding diaryl/α,β-unsaturated/α-hetero) is 1. The van der Waals surface area contributed by atoms with E-state index in [4.69, 9.17) is 5.11 Å². The van der Waals surface area contributed by atoms with Crippen molar-refractivity contribution in [2.75, 3.05) is 0 Å². The van der Waals surface area contributed by atoms with Crippen molar-refractivity contribution in [2.45, 2.75) is 53.0 Å². The smallest absolute Gasteiger partial charge is 0.328 e. The second-order valence-electron chi connectivity index (χ2n) is 6.25. The van der Waals surface area contributed by atoms with E-state index in [1.807, 2.05) is 20.8 Å². The molecule has 5 nitrogen and oxygen atoms in total. The highest BCUT2D eigenvalue weighted by atomic mass is 16.4. The number of aliphatic hydroxyl groups is 1. The van der Waals surface area contributed by atoms with Crippen LogP contribution in [0.3, 0.4) is 0 Å². The SMILES string of the molecule is CC[C@@H](C)[C@H](N=CC1=C(O)CC(C)(C)CC1=O)C(=O)O. The van der Waals surface area contributed by atoms with Crippen LogP contribution in [0.15, 0.2) is 16.3 Å². The number of aliphatic hydroxyl groups excluding tert-OH is 1. The van der Waals surface area contributed by atoms with Crippen molar-refractivity contribution >= 4 is 18.0 Å². The number of carboxylic acids is 1. The zero-order valence-corrected chi connectivity index (χ0v) is 12.5. The van der Waals surface area contributed by atoms with Gasteiger partial charge >= 0.3 is 5.97 Å². The lowest BCUT2D eigenvalue weighted by Crippen LogP contribution is -2.28. The summed E-state index contributed by atoms with van der Waals surface area (Å²) in [7, 11) is 0. The molecule has 0 amide bonds. The van der Waals surface area contributed by atoms with Gasteiger partial charge in [0.15, 0.2) is 5.78 Å². The van der Waals surface area contributed by atoms with E-state index in [1.165, 1.54) is 6.21 Å². The fraction of sp³-hybridized carbons (Fsp3) is 0.667. The second-order valence-corrected chi connectivity index (χ2v) is 6.25. The number of ketones is 1. The van der Waals surface area contributed by atoms with E-state index in [0.29, 0.717) is 19.3 Å². The quantitative estimate of drug-likeness (QED) is 0.758. The minimum absolute atomic E-state index is 0.00305. The summed E-state index contributed by atoms with van der Waals surface area (Å²) in [6, 6.07) is -0.886. The van der Waals surface area contributed by atoms with Crippen LogP contribution >= 0.6 is 0 Å². The topological polar surface area (TPSA) is 87.0 Å². The van der Waals surface area contributed by atoms with E-state index in [9.17, 15) is 14.7 Å². The highest BCUT2D eigenvalue weighted by molar-refractivity contribution is 6.14. The summed E-state index contributed by atoms with van der Waals surface area (Å²) in [5, 5.41) is 19.1. The normalized spacial score (nSPS) is 22.1. The molecule has 0 bridgehead atoms. The Labute approximate surface area is 119 Å².